The molecule has 0 fully saturated rings. The highest BCUT2D eigenvalue weighted by molar-refractivity contribution is 7.12. The Balaban J connectivity index is 1.75. The largest absolute Gasteiger partial charge is 0.303 e. The van der Waals surface area contributed by atoms with Gasteiger partial charge < -0.3 is 4.79 Å². The highest BCUT2D eigenvalue weighted by atomic mass is 32.1. The molecule has 0 N–H and O–H groups in total. The van der Waals surface area contributed by atoms with Crippen molar-refractivity contribution in [1.82, 2.24) is 9.97 Å². The zero-order valence-corrected chi connectivity index (χ0v) is 13.2. The molecule has 0 amide bonds. The Morgan fingerprint density at radius 1 is 0.957 bits per heavy atom. The molecule has 23 heavy (non-hydrogen) atoms. The van der Waals surface area contributed by atoms with Crippen molar-refractivity contribution >= 4 is 17.6 Å². The van der Waals surface area contributed by atoms with Crippen LogP contribution < -0.4 is 0 Å². The van der Waals surface area contributed by atoms with E-state index in [1.807, 2.05) is 36.4 Å². The lowest BCUT2D eigenvalue weighted by Gasteiger charge is -2.07. The number of carbonyl (C=O) groups is 1. The maximum Gasteiger partial charge on any atom is 0.128 e. The molecule has 0 aliphatic carbocycles. The van der Waals surface area contributed by atoms with E-state index < -0.39 is 0 Å². The molecule has 0 aromatic carbocycles. The van der Waals surface area contributed by atoms with Crippen molar-refractivity contribution in [2.75, 3.05) is 0 Å². The topological polar surface area (TPSA) is 42.9 Å². The molecule has 1 atom stereocenters. The van der Waals surface area contributed by atoms with E-state index in [1.54, 1.807) is 36.1 Å². The van der Waals surface area contributed by atoms with Crippen LogP contribution in [0.4, 0.5) is 0 Å². The van der Waals surface area contributed by atoms with Crippen LogP contribution in [-0.4, -0.2) is 16.3 Å². The molecule has 0 bridgehead atoms. The number of aromatic nitrogens is 2. The third kappa shape index (κ3) is 4.12. The van der Waals surface area contributed by atoms with E-state index in [4.69, 9.17) is 0 Å². The SMILES string of the molecule is O=CC(Cc1ccncc1)c1ccc(C#Cc2ccncc2)s1. The van der Waals surface area contributed by atoms with Gasteiger partial charge in [-0.2, -0.15) is 0 Å². The predicted molar refractivity (Wildman–Crippen MR) is 91.3 cm³/mol. The quantitative estimate of drug-likeness (QED) is 0.546. The first-order valence-corrected chi connectivity index (χ1v) is 8.03. The second-order valence-electron chi connectivity index (χ2n) is 4.99. The van der Waals surface area contributed by atoms with Crippen molar-refractivity contribution in [1.29, 1.82) is 0 Å². The lowest BCUT2D eigenvalue weighted by atomic mass is 10.0. The van der Waals surface area contributed by atoms with Crippen LogP contribution in [0, 0.1) is 11.8 Å². The summed E-state index contributed by atoms with van der Waals surface area (Å²) in [5, 5.41) is 0. The fraction of sp³-hybridized carbons (Fsp3) is 0.105. The van der Waals surface area contributed by atoms with E-state index in [0.717, 1.165) is 27.2 Å². The van der Waals surface area contributed by atoms with Crippen molar-refractivity contribution in [3.05, 3.63) is 82.1 Å². The van der Waals surface area contributed by atoms with Crippen molar-refractivity contribution in [3.63, 3.8) is 0 Å². The van der Waals surface area contributed by atoms with Gasteiger partial charge in [-0.25, -0.2) is 0 Å². The van der Waals surface area contributed by atoms with Gasteiger partial charge in [-0.3, -0.25) is 9.97 Å². The minimum absolute atomic E-state index is 0.140. The first kappa shape index (κ1) is 15.1. The highest BCUT2D eigenvalue weighted by Gasteiger charge is 2.13. The van der Waals surface area contributed by atoms with Crippen LogP contribution >= 0.6 is 11.3 Å². The summed E-state index contributed by atoms with van der Waals surface area (Å²) >= 11 is 1.57. The predicted octanol–water partition coefficient (Wildman–Crippen LogP) is 3.46. The molecule has 3 rings (SSSR count). The van der Waals surface area contributed by atoms with Crippen molar-refractivity contribution in [2.24, 2.45) is 0 Å². The Hall–Kier alpha value is -2.77. The lowest BCUT2D eigenvalue weighted by Crippen LogP contribution is -2.02. The van der Waals surface area contributed by atoms with Crippen LogP contribution in [0.2, 0.25) is 0 Å². The van der Waals surface area contributed by atoms with Gasteiger partial charge in [-0.15, -0.1) is 11.3 Å². The fourth-order valence-corrected chi connectivity index (χ4v) is 3.10. The molecule has 4 heteroatoms. The van der Waals surface area contributed by atoms with E-state index in [1.165, 1.54) is 0 Å². The van der Waals surface area contributed by atoms with Gasteiger partial charge in [0.25, 0.3) is 0 Å². The van der Waals surface area contributed by atoms with E-state index in [2.05, 4.69) is 21.8 Å². The van der Waals surface area contributed by atoms with Crippen LogP contribution in [0.15, 0.2) is 61.2 Å². The van der Waals surface area contributed by atoms with Crippen molar-refractivity contribution < 1.29 is 4.79 Å². The summed E-state index contributed by atoms with van der Waals surface area (Å²) in [6, 6.07) is 11.6. The monoisotopic (exact) mass is 318 g/mol. The number of rotatable bonds is 4. The molecule has 3 heterocycles. The number of hydrogen-bond donors (Lipinski definition) is 0. The average molecular weight is 318 g/mol. The number of aldehydes is 1. The van der Waals surface area contributed by atoms with E-state index in [9.17, 15) is 4.79 Å². The van der Waals surface area contributed by atoms with E-state index in [0.29, 0.717) is 6.42 Å². The molecular formula is C19H14N2OS. The maximum absolute atomic E-state index is 11.4. The minimum atomic E-state index is -0.140. The zero-order valence-electron chi connectivity index (χ0n) is 12.3. The molecule has 0 spiro atoms. The maximum atomic E-state index is 11.4. The van der Waals surface area contributed by atoms with Crippen molar-refractivity contribution in [2.45, 2.75) is 12.3 Å². The van der Waals surface area contributed by atoms with Crippen LogP contribution in [0.5, 0.6) is 0 Å². The Morgan fingerprint density at radius 2 is 1.65 bits per heavy atom. The molecule has 0 aliphatic heterocycles. The van der Waals surface area contributed by atoms with Crippen LogP contribution in [-0.2, 0) is 11.2 Å². The molecule has 0 aliphatic rings. The molecule has 3 aromatic rings. The summed E-state index contributed by atoms with van der Waals surface area (Å²) in [7, 11) is 0. The Bertz CT molecular complexity index is 832. The van der Waals surface area contributed by atoms with Gasteiger partial charge in [-0.1, -0.05) is 11.8 Å². The van der Waals surface area contributed by atoms with Gasteiger partial charge >= 0.3 is 0 Å². The summed E-state index contributed by atoms with van der Waals surface area (Å²) in [5.74, 6) is 6.10. The van der Waals surface area contributed by atoms with Gasteiger partial charge in [0.15, 0.2) is 0 Å². The van der Waals surface area contributed by atoms with E-state index in [-0.39, 0.29) is 5.92 Å². The van der Waals surface area contributed by atoms with Crippen LogP contribution in [0.3, 0.4) is 0 Å². The van der Waals surface area contributed by atoms with Gasteiger partial charge in [0.2, 0.25) is 0 Å². The summed E-state index contributed by atoms with van der Waals surface area (Å²) < 4.78 is 0. The molecule has 112 valence electrons. The second-order valence-corrected chi connectivity index (χ2v) is 6.11. The first-order chi connectivity index (χ1) is 11.3. The fourth-order valence-electron chi connectivity index (χ4n) is 2.18. The van der Waals surface area contributed by atoms with Gasteiger partial charge in [-0.05, 0) is 48.4 Å². The zero-order chi connectivity index (χ0) is 15.9. The standard InChI is InChI=1S/C19H14N2OS/c22-14-17(13-16-7-11-21-12-8-16)19-4-3-18(23-19)2-1-15-5-9-20-10-6-15/h3-12,14,17H,13H2. The Labute approximate surface area is 139 Å². The molecule has 3 nitrogen and oxygen atoms in total. The molecule has 0 radical (unpaired) electrons. The number of nitrogens with zero attached hydrogens (tertiary/aromatic N) is 2. The second kappa shape index (κ2) is 7.48. The van der Waals surface area contributed by atoms with Crippen LogP contribution in [0.1, 0.15) is 26.8 Å². The molecular weight excluding hydrogens is 304 g/mol. The van der Waals surface area contributed by atoms with E-state index >= 15 is 0 Å². The summed E-state index contributed by atoms with van der Waals surface area (Å²) in [4.78, 5) is 21.4. The van der Waals surface area contributed by atoms with Crippen LogP contribution in [0.25, 0.3) is 0 Å². The van der Waals surface area contributed by atoms with Gasteiger partial charge in [0.1, 0.15) is 6.29 Å². The molecule has 0 saturated carbocycles. The number of pyridine rings is 2. The average Bonchev–Trinajstić information content (AvgIpc) is 3.08. The summed E-state index contributed by atoms with van der Waals surface area (Å²) in [5.41, 5.74) is 2.04. The summed E-state index contributed by atoms with van der Waals surface area (Å²) in [6.07, 6.45) is 8.63. The highest BCUT2D eigenvalue weighted by Crippen LogP contribution is 2.26. The minimum Gasteiger partial charge on any atom is -0.303 e. The normalized spacial score (nSPS) is 11.3. The number of hydrogen-bond acceptors (Lipinski definition) is 4. The van der Waals surface area contributed by atoms with Crippen molar-refractivity contribution in [3.8, 4) is 11.8 Å². The third-order valence-electron chi connectivity index (χ3n) is 3.37. The van der Waals surface area contributed by atoms with Gasteiger partial charge in [0.05, 0.1) is 10.8 Å². The van der Waals surface area contributed by atoms with Gasteiger partial charge in [0, 0.05) is 35.2 Å². The lowest BCUT2D eigenvalue weighted by molar-refractivity contribution is -0.109. The summed E-state index contributed by atoms with van der Waals surface area (Å²) in [6.45, 7) is 0. The third-order valence-corrected chi connectivity index (χ3v) is 4.50. The number of carbonyl (C=O) groups excluding carboxylic acids is 1. The first-order valence-electron chi connectivity index (χ1n) is 7.21. The molecule has 0 saturated heterocycles. The Morgan fingerprint density at radius 3 is 2.35 bits per heavy atom. The smallest absolute Gasteiger partial charge is 0.128 e. The number of thiophene rings is 1. The molecule has 3 aromatic heterocycles. The molecule has 1 unspecified atom stereocenters. The Kier molecular flexibility index (Phi) is 4.92.